The van der Waals surface area contributed by atoms with Crippen LogP contribution in [0.5, 0.6) is 0 Å². The molecule has 150 valence electrons. The molecule has 1 saturated heterocycles. The third kappa shape index (κ3) is 5.02. The summed E-state index contributed by atoms with van der Waals surface area (Å²) in [5.74, 6) is -0.239. The average molecular weight is 424 g/mol. The number of hydrogen-bond acceptors (Lipinski definition) is 5. The molecule has 2 aromatic carbocycles. The van der Waals surface area contributed by atoms with Crippen LogP contribution >= 0.6 is 11.6 Å². The minimum absolute atomic E-state index is 0.00739. The van der Waals surface area contributed by atoms with Crippen LogP contribution in [-0.2, 0) is 19.6 Å². The van der Waals surface area contributed by atoms with Crippen LogP contribution in [0, 0.1) is 6.92 Å². The van der Waals surface area contributed by atoms with Crippen LogP contribution in [0.25, 0.3) is 0 Å². The van der Waals surface area contributed by atoms with Gasteiger partial charge in [-0.15, -0.1) is 0 Å². The highest BCUT2D eigenvalue weighted by Crippen LogP contribution is 2.28. The maximum atomic E-state index is 12.8. The molecule has 2 aromatic rings. The van der Waals surface area contributed by atoms with Gasteiger partial charge in [-0.05, 0) is 37.3 Å². The Hall–Kier alpha value is -2.13. The summed E-state index contributed by atoms with van der Waals surface area (Å²) in [5, 5.41) is 5.86. The van der Waals surface area contributed by atoms with E-state index in [4.69, 9.17) is 16.3 Å². The highest BCUT2D eigenvalue weighted by atomic mass is 35.5. The fraction of sp³-hybridized carbons (Fsp3) is 0.316. The molecule has 0 aliphatic carbocycles. The van der Waals surface area contributed by atoms with Crippen molar-refractivity contribution in [1.82, 2.24) is 4.31 Å². The molecule has 1 fully saturated rings. The van der Waals surface area contributed by atoms with Gasteiger partial charge >= 0.3 is 0 Å². The van der Waals surface area contributed by atoms with Crippen LogP contribution in [0.1, 0.15) is 5.56 Å². The molecule has 1 aliphatic heterocycles. The first-order valence-electron chi connectivity index (χ1n) is 8.84. The minimum atomic E-state index is -3.73. The van der Waals surface area contributed by atoms with E-state index < -0.39 is 10.0 Å². The zero-order valence-electron chi connectivity index (χ0n) is 15.4. The number of morpholine rings is 1. The van der Waals surface area contributed by atoms with Crippen molar-refractivity contribution >= 4 is 38.9 Å². The number of halogens is 1. The normalized spacial score (nSPS) is 15.2. The molecule has 1 amide bonds. The van der Waals surface area contributed by atoms with Gasteiger partial charge in [-0.2, -0.15) is 4.31 Å². The summed E-state index contributed by atoms with van der Waals surface area (Å²) in [6, 6.07) is 12.1. The number of aryl methyl sites for hydroxylation is 1. The molecule has 28 heavy (non-hydrogen) atoms. The molecular weight excluding hydrogens is 402 g/mol. The third-order valence-corrected chi connectivity index (χ3v) is 6.69. The number of sulfonamides is 1. The van der Waals surface area contributed by atoms with Gasteiger partial charge in [-0.3, -0.25) is 4.79 Å². The fourth-order valence-corrected chi connectivity index (χ4v) is 4.67. The highest BCUT2D eigenvalue weighted by molar-refractivity contribution is 7.89. The SMILES string of the molecule is Cc1ccc(NC(=O)CNc2ccc(Cl)c(S(=O)(=O)N3CCOCC3)c2)cc1. The summed E-state index contributed by atoms with van der Waals surface area (Å²) in [7, 11) is -3.73. The summed E-state index contributed by atoms with van der Waals surface area (Å²) >= 11 is 6.14. The van der Waals surface area contributed by atoms with E-state index in [-0.39, 0.29) is 35.5 Å². The Morgan fingerprint density at radius 1 is 1.11 bits per heavy atom. The first kappa shape index (κ1) is 20.6. The van der Waals surface area contributed by atoms with Crippen molar-refractivity contribution in [2.45, 2.75) is 11.8 Å². The predicted octanol–water partition coefficient (Wildman–Crippen LogP) is 2.72. The number of nitrogens with one attached hydrogen (secondary N) is 2. The lowest BCUT2D eigenvalue weighted by Gasteiger charge is -2.26. The first-order valence-corrected chi connectivity index (χ1v) is 10.7. The van der Waals surface area contributed by atoms with E-state index in [1.165, 1.54) is 16.4 Å². The van der Waals surface area contributed by atoms with E-state index in [1.54, 1.807) is 6.07 Å². The Morgan fingerprint density at radius 2 is 1.75 bits per heavy atom. The summed E-state index contributed by atoms with van der Waals surface area (Å²) in [4.78, 5) is 12.1. The van der Waals surface area contributed by atoms with Gasteiger partial charge in [0.15, 0.2) is 0 Å². The largest absolute Gasteiger partial charge is 0.379 e. The number of hydrogen-bond donors (Lipinski definition) is 2. The number of anilines is 2. The lowest BCUT2D eigenvalue weighted by molar-refractivity contribution is -0.114. The molecule has 0 unspecified atom stereocenters. The number of nitrogens with zero attached hydrogens (tertiary/aromatic N) is 1. The zero-order valence-corrected chi connectivity index (χ0v) is 17.0. The van der Waals surface area contributed by atoms with Gasteiger partial charge in [0.2, 0.25) is 15.9 Å². The first-order chi connectivity index (χ1) is 13.4. The van der Waals surface area contributed by atoms with Crippen molar-refractivity contribution in [2.75, 3.05) is 43.5 Å². The van der Waals surface area contributed by atoms with Crippen molar-refractivity contribution in [2.24, 2.45) is 0 Å². The van der Waals surface area contributed by atoms with E-state index in [2.05, 4.69) is 10.6 Å². The van der Waals surface area contributed by atoms with Gasteiger partial charge in [0.1, 0.15) is 4.90 Å². The predicted molar refractivity (Wildman–Crippen MR) is 109 cm³/mol. The van der Waals surface area contributed by atoms with Gasteiger partial charge < -0.3 is 15.4 Å². The van der Waals surface area contributed by atoms with Crippen molar-refractivity contribution in [3.05, 3.63) is 53.1 Å². The van der Waals surface area contributed by atoms with Crippen LogP contribution < -0.4 is 10.6 Å². The van der Waals surface area contributed by atoms with Gasteiger partial charge in [0.25, 0.3) is 0 Å². The fourth-order valence-electron chi connectivity index (χ4n) is 2.76. The van der Waals surface area contributed by atoms with Crippen molar-refractivity contribution in [1.29, 1.82) is 0 Å². The topological polar surface area (TPSA) is 87.7 Å². The second-order valence-corrected chi connectivity index (χ2v) is 8.74. The smallest absolute Gasteiger partial charge is 0.244 e. The van der Waals surface area contributed by atoms with E-state index in [9.17, 15) is 13.2 Å². The van der Waals surface area contributed by atoms with Crippen molar-refractivity contribution in [3.63, 3.8) is 0 Å². The maximum absolute atomic E-state index is 12.8. The van der Waals surface area contributed by atoms with E-state index in [0.29, 0.717) is 24.6 Å². The van der Waals surface area contributed by atoms with Crippen LogP contribution in [0.3, 0.4) is 0 Å². The number of rotatable bonds is 6. The van der Waals surface area contributed by atoms with Gasteiger partial charge in [-0.25, -0.2) is 8.42 Å². The Kier molecular flexibility index (Phi) is 6.56. The Morgan fingerprint density at radius 3 is 2.43 bits per heavy atom. The molecule has 0 radical (unpaired) electrons. The average Bonchev–Trinajstić information content (AvgIpc) is 2.69. The lowest BCUT2D eigenvalue weighted by atomic mass is 10.2. The molecule has 1 aliphatic rings. The number of benzene rings is 2. The second kappa shape index (κ2) is 8.91. The molecular formula is C19H22ClN3O4S. The highest BCUT2D eigenvalue weighted by Gasteiger charge is 2.28. The van der Waals surface area contributed by atoms with E-state index in [1.807, 2.05) is 31.2 Å². The molecule has 9 heteroatoms. The van der Waals surface area contributed by atoms with Crippen LogP contribution in [0.2, 0.25) is 5.02 Å². The number of carbonyl (C=O) groups is 1. The number of amides is 1. The Labute approximate surface area is 169 Å². The van der Waals surface area contributed by atoms with Gasteiger partial charge in [-0.1, -0.05) is 29.3 Å². The van der Waals surface area contributed by atoms with Crippen LogP contribution in [0.15, 0.2) is 47.4 Å². The Bertz CT molecular complexity index is 942. The summed E-state index contributed by atoms with van der Waals surface area (Å²) < 4.78 is 32.3. The van der Waals surface area contributed by atoms with Crippen LogP contribution in [0.4, 0.5) is 11.4 Å². The van der Waals surface area contributed by atoms with Crippen LogP contribution in [-0.4, -0.2) is 51.5 Å². The summed E-state index contributed by atoms with van der Waals surface area (Å²) in [6.07, 6.45) is 0. The molecule has 0 bridgehead atoms. The molecule has 2 N–H and O–H groups in total. The van der Waals surface area contributed by atoms with Crippen molar-refractivity contribution < 1.29 is 17.9 Å². The van der Waals surface area contributed by atoms with E-state index >= 15 is 0 Å². The van der Waals surface area contributed by atoms with Crippen molar-refractivity contribution in [3.8, 4) is 0 Å². The standard InChI is InChI=1S/C19H22ClN3O4S/c1-14-2-4-15(5-3-14)22-19(24)13-21-16-6-7-17(20)18(12-16)28(25,26)23-8-10-27-11-9-23/h2-7,12,21H,8-11,13H2,1H3,(H,22,24). The molecule has 0 atom stereocenters. The third-order valence-electron chi connectivity index (χ3n) is 4.31. The number of carbonyl (C=O) groups excluding carboxylic acids is 1. The van der Waals surface area contributed by atoms with E-state index in [0.717, 1.165) is 5.56 Å². The molecule has 3 rings (SSSR count). The minimum Gasteiger partial charge on any atom is -0.379 e. The summed E-state index contributed by atoms with van der Waals surface area (Å²) in [5.41, 5.74) is 2.30. The second-order valence-electron chi connectivity index (χ2n) is 6.43. The molecule has 1 heterocycles. The monoisotopic (exact) mass is 423 g/mol. The van der Waals surface area contributed by atoms with Gasteiger partial charge in [0, 0.05) is 24.5 Å². The zero-order chi connectivity index (χ0) is 20.1. The van der Waals surface area contributed by atoms with Gasteiger partial charge in [0.05, 0.1) is 24.8 Å². The Balaban J connectivity index is 1.67. The quantitative estimate of drug-likeness (QED) is 0.745. The maximum Gasteiger partial charge on any atom is 0.244 e. The lowest BCUT2D eigenvalue weighted by Crippen LogP contribution is -2.40. The molecule has 7 nitrogen and oxygen atoms in total. The molecule has 0 aromatic heterocycles. The molecule has 0 saturated carbocycles. The summed E-state index contributed by atoms with van der Waals surface area (Å²) in [6.45, 7) is 3.25. The number of ether oxygens (including phenoxy) is 1. The molecule has 0 spiro atoms.